The number of nitrogens with zero attached hydrogens (tertiary/aromatic N) is 2. The Hall–Kier alpha value is -2.77. The van der Waals surface area contributed by atoms with E-state index in [2.05, 4.69) is 34.1 Å². The van der Waals surface area contributed by atoms with Crippen LogP contribution in [0.3, 0.4) is 0 Å². The molecule has 0 spiro atoms. The number of carbonyl (C=O) groups excluding carboxylic acids is 1. The van der Waals surface area contributed by atoms with Crippen LogP contribution in [0.2, 0.25) is 0 Å². The number of hydrogen-bond donors (Lipinski definition) is 0. The van der Waals surface area contributed by atoms with E-state index in [1.165, 1.54) is 11.1 Å². The van der Waals surface area contributed by atoms with Crippen molar-refractivity contribution >= 4 is 5.78 Å². The summed E-state index contributed by atoms with van der Waals surface area (Å²) < 4.78 is 21.6. The van der Waals surface area contributed by atoms with Gasteiger partial charge in [-0.3, -0.25) is 4.79 Å². The summed E-state index contributed by atoms with van der Waals surface area (Å²) >= 11 is 0. The van der Waals surface area contributed by atoms with Crippen LogP contribution in [0.1, 0.15) is 36.8 Å². The third-order valence-corrected chi connectivity index (χ3v) is 8.31. The van der Waals surface area contributed by atoms with E-state index in [0.29, 0.717) is 5.78 Å². The summed E-state index contributed by atoms with van der Waals surface area (Å²) in [5.74, 6) is 4.07. The summed E-state index contributed by atoms with van der Waals surface area (Å²) in [5, 5.41) is 0. The number of carbonyl (C=O) groups is 1. The third kappa shape index (κ3) is 7.20. The fraction of sp³-hybridized carbons (Fsp3) is 0.581. The van der Waals surface area contributed by atoms with E-state index in [1.54, 1.807) is 28.4 Å². The normalized spacial score (nSPS) is 17.8. The molecule has 0 bridgehead atoms. The molecule has 2 aromatic carbocycles. The van der Waals surface area contributed by atoms with E-state index >= 15 is 0 Å². The van der Waals surface area contributed by atoms with Gasteiger partial charge in [-0.1, -0.05) is 12.1 Å². The van der Waals surface area contributed by atoms with Gasteiger partial charge in [0.25, 0.3) is 0 Å². The van der Waals surface area contributed by atoms with Crippen LogP contribution < -0.4 is 18.9 Å². The third-order valence-electron chi connectivity index (χ3n) is 8.31. The standard InChI is InChI=1S/C31H44N2O5/c1-35-27-7-5-23(21-29(27)37-3)9-15-32-17-11-25(12-18-32)31(34)26-13-19-33(20-14-26)16-10-24-6-8-28(36-2)30(22-24)38-4/h5-8,21-22,25-26H,9-20H2,1-4H3. The van der Waals surface area contributed by atoms with E-state index in [-0.39, 0.29) is 11.8 Å². The van der Waals surface area contributed by atoms with Crippen LogP contribution in [0.5, 0.6) is 23.0 Å². The molecule has 4 rings (SSSR count). The number of Topliss-reactive ketones (excluding diaryl/α,β-unsaturated/α-hetero) is 1. The molecule has 2 fully saturated rings. The second-order valence-corrected chi connectivity index (χ2v) is 10.5. The molecule has 7 nitrogen and oxygen atoms in total. The Labute approximate surface area is 228 Å². The molecule has 0 N–H and O–H groups in total. The molecular weight excluding hydrogens is 480 g/mol. The molecule has 7 heteroatoms. The average Bonchev–Trinajstić information content (AvgIpc) is 2.98. The van der Waals surface area contributed by atoms with Crippen LogP contribution in [0.4, 0.5) is 0 Å². The van der Waals surface area contributed by atoms with Crippen molar-refractivity contribution in [3.05, 3.63) is 47.5 Å². The van der Waals surface area contributed by atoms with Gasteiger partial charge in [-0.25, -0.2) is 0 Å². The zero-order valence-corrected chi connectivity index (χ0v) is 23.5. The number of piperidine rings is 2. The fourth-order valence-electron chi connectivity index (χ4n) is 5.86. The van der Waals surface area contributed by atoms with Crippen molar-refractivity contribution in [2.24, 2.45) is 11.8 Å². The molecular formula is C31H44N2O5. The van der Waals surface area contributed by atoms with Crippen molar-refractivity contribution in [1.82, 2.24) is 9.80 Å². The minimum absolute atomic E-state index is 0.232. The van der Waals surface area contributed by atoms with Gasteiger partial charge in [0.05, 0.1) is 28.4 Å². The maximum atomic E-state index is 13.3. The predicted octanol–water partition coefficient (Wildman–Crippen LogP) is 4.50. The van der Waals surface area contributed by atoms with Gasteiger partial charge in [-0.05, 0) is 100 Å². The largest absolute Gasteiger partial charge is 0.493 e. The maximum absolute atomic E-state index is 13.3. The number of hydrogen-bond acceptors (Lipinski definition) is 7. The molecule has 0 unspecified atom stereocenters. The van der Waals surface area contributed by atoms with Crippen molar-refractivity contribution < 1.29 is 23.7 Å². The Balaban J connectivity index is 1.16. The molecule has 0 saturated carbocycles. The predicted molar refractivity (Wildman–Crippen MR) is 150 cm³/mol. The summed E-state index contributed by atoms with van der Waals surface area (Å²) in [4.78, 5) is 18.3. The summed E-state index contributed by atoms with van der Waals surface area (Å²) in [6, 6.07) is 12.3. The summed E-state index contributed by atoms with van der Waals surface area (Å²) in [5.41, 5.74) is 2.50. The first-order valence-corrected chi connectivity index (χ1v) is 13.9. The van der Waals surface area contributed by atoms with Crippen LogP contribution >= 0.6 is 0 Å². The Kier molecular flexibility index (Phi) is 10.3. The fourth-order valence-corrected chi connectivity index (χ4v) is 5.86. The van der Waals surface area contributed by atoms with Crippen molar-refractivity contribution in [3.8, 4) is 23.0 Å². The minimum atomic E-state index is 0.232. The first-order chi connectivity index (χ1) is 18.5. The van der Waals surface area contributed by atoms with E-state index in [1.807, 2.05) is 12.1 Å². The minimum Gasteiger partial charge on any atom is -0.493 e. The van der Waals surface area contributed by atoms with Gasteiger partial charge in [-0.15, -0.1) is 0 Å². The van der Waals surface area contributed by atoms with Crippen molar-refractivity contribution in [2.45, 2.75) is 38.5 Å². The van der Waals surface area contributed by atoms with Crippen LogP contribution in [0.15, 0.2) is 36.4 Å². The lowest BCUT2D eigenvalue weighted by atomic mass is 9.81. The van der Waals surface area contributed by atoms with Gasteiger partial charge < -0.3 is 28.7 Å². The lowest BCUT2D eigenvalue weighted by Gasteiger charge is -2.36. The van der Waals surface area contributed by atoms with E-state index in [0.717, 1.165) is 101 Å². The second kappa shape index (κ2) is 13.9. The Morgan fingerprint density at radius 3 is 1.34 bits per heavy atom. The maximum Gasteiger partial charge on any atom is 0.160 e. The van der Waals surface area contributed by atoms with Gasteiger partial charge in [-0.2, -0.15) is 0 Å². The Morgan fingerprint density at radius 2 is 1.00 bits per heavy atom. The number of methoxy groups -OCH3 is 4. The van der Waals surface area contributed by atoms with Crippen LogP contribution in [0, 0.1) is 11.8 Å². The first-order valence-electron chi connectivity index (χ1n) is 13.9. The summed E-state index contributed by atoms with van der Waals surface area (Å²) in [6.07, 6.45) is 5.91. The number of ether oxygens (including phenoxy) is 4. The molecule has 2 heterocycles. The Bertz CT molecular complexity index is 961. The van der Waals surface area contributed by atoms with Gasteiger partial charge in [0.1, 0.15) is 5.78 Å². The van der Waals surface area contributed by atoms with Crippen molar-refractivity contribution in [2.75, 3.05) is 67.7 Å². The smallest absolute Gasteiger partial charge is 0.160 e. The zero-order chi connectivity index (χ0) is 26.9. The molecule has 0 radical (unpaired) electrons. The van der Waals surface area contributed by atoms with E-state index in [9.17, 15) is 4.79 Å². The highest BCUT2D eigenvalue weighted by Crippen LogP contribution is 2.30. The van der Waals surface area contributed by atoms with Gasteiger partial charge in [0.15, 0.2) is 23.0 Å². The molecule has 0 atom stereocenters. The molecule has 2 aliphatic heterocycles. The number of rotatable bonds is 12. The lowest BCUT2D eigenvalue weighted by Crippen LogP contribution is -2.42. The molecule has 2 aromatic rings. The quantitative estimate of drug-likeness (QED) is 0.405. The Morgan fingerprint density at radius 1 is 0.632 bits per heavy atom. The zero-order valence-electron chi connectivity index (χ0n) is 23.5. The molecule has 208 valence electrons. The highest BCUT2D eigenvalue weighted by atomic mass is 16.5. The number of ketones is 1. The monoisotopic (exact) mass is 524 g/mol. The average molecular weight is 525 g/mol. The highest BCUT2D eigenvalue weighted by Gasteiger charge is 2.32. The topological polar surface area (TPSA) is 60.5 Å². The van der Waals surface area contributed by atoms with Crippen LogP contribution in [0.25, 0.3) is 0 Å². The van der Waals surface area contributed by atoms with E-state index in [4.69, 9.17) is 18.9 Å². The van der Waals surface area contributed by atoms with Gasteiger partial charge >= 0.3 is 0 Å². The van der Waals surface area contributed by atoms with Crippen molar-refractivity contribution in [1.29, 1.82) is 0 Å². The van der Waals surface area contributed by atoms with Gasteiger partial charge in [0.2, 0.25) is 0 Å². The second-order valence-electron chi connectivity index (χ2n) is 10.5. The summed E-state index contributed by atoms with van der Waals surface area (Å²) in [6.45, 7) is 6.05. The first kappa shape index (κ1) is 28.2. The van der Waals surface area contributed by atoms with Crippen LogP contribution in [-0.4, -0.2) is 83.3 Å². The van der Waals surface area contributed by atoms with Crippen LogP contribution in [-0.2, 0) is 17.6 Å². The summed E-state index contributed by atoms with van der Waals surface area (Å²) in [7, 11) is 6.67. The SMILES string of the molecule is COc1ccc(CCN2CCC(C(=O)C3CCN(CCc4ccc(OC)c(OC)c4)CC3)CC2)cc1OC. The van der Waals surface area contributed by atoms with Crippen molar-refractivity contribution in [3.63, 3.8) is 0 Å². The number of likely N-dealkylation sites (tertiary alicyclic amines) is 2. The molecule has 0 amide bonds. The molecule has 2 saturated heterocycles. The van der Waals surface area contributed by atoms with Gasteiger partial charge in [0, 0.05) is 24.9 Å². The molecule has 0 aliphatic carbocycles. The molecule has 2 aliphatic rings. The molecule has 0 aromatic heterocycles. The van der Waals surface area contributed by atoms with E-state index < -0.39 is 0 Å². The number of benzene rings is 2. The lowest BCUT2D eigenvalue weighted by molar-refractivity contribution is -0.129. The highest BCUT2D eigenvalue weighted by molar-refractivity contribution is 5.83. The molecule has 38 heavy (non-hydrogen) atoms.